The summed E-state index contributed by atoms with van der Waals surface area (Å²) in [6, 6.07) is 16.1. The number of amides is 1. The highest BCUT2D eigenvalue weighted by atomic mass is 32.2. The van der Waals surface area contributed by atoms with Gasteiger partial charge in [-0.25, -0.2) is 5.43 Å². The molecule has 0 bridgehead atoms. The van der Waals surface area contributed by atoms with Gasteiger partial charge in [0.1, 0.15) is 0 Å². The zero-order chi connectivity index (χ0) is 20.5. The standard InChI is InChI=1S/C19H16N4O3S3/c24-16(21-20-10-13-6-8-15(9-7-13)17(25)26)12-28-19-23-22-18(29-19)27-11-14-4-2-1-3-5-14/h1-10H,11-12H2,(H,21,24)(H,25,26)/p-1/b20-10-. The van der Waals surface area contributed by atoms with Crippen LogP contribution in [-0.4, -0.2) is 34.0 Å². The van der Waals surface area contributed by atoms with Gasteiger partial charge in [-0.05, 0) is 16.7 Å². The summed E-state index contributed by atoms with van der Waals surface area (Å²) in [6.07, 6.45) is 1.44. The van der Waals surface area contributed by atoms with E-state index in [9.17, 15) is 14.7 Å². The summed E-state index contributed by atoms with van der Waals surface area (Å²) >= 11 is 4.36. The third-order valence-corrected chi connectivity index (χ3v) is 6.73. The minimum Gasteiger partial charge on any atom is -0.545 e. The Kier molecular flexibility index (Phi) is 7.79. The molecule has 7 nitrogen and oxygen atoms in total. The van der Waals surface area contributed by atoms with Crippen molar-refractivity contribution in [1.29, 1.82) is 0 Å². The van der Waals surface area contributed by atoms with E-state index in [1.807, 2.05) is 18.2 Å². The number of benzene rings is 2. The zero-order valence-electron chi connectivity index (χ0n) is 15.0. The van der Waals surface area contributed by atoms with Gasteiger partial charge in [0.15, 0.2) is 8.68 Å². The van der Waals surface area contributed by atoms with Gasteiger partial charge in [0.2, 0.25) is 0 Å². The van der Waals surface area contributed by atoms with Gasteiger partial charge in [-0.1, -0.05) is 89.5 Å². The Balaban J connectivity index is 1.40. The molecule has 1 heterocycles. The second-order valence-electron chi connectivity index (χ2n) is 5.60. The van der Waals surface area contributed by atoms with E-state index >= 15 is 0 Å². The summed E-state index contributed by atoms with van der Waals surface area (Å²) in [5.41, 5.74) is 4.38. The van der Waals surface area contributed by atoms with Crippen LogP contribution in [0.2, 0.25) is 0 Å². The number of aromatic nitrogens is 2. The molecule has 0 aliphatic heterocycles. The first-order chi connectivity index (χ1) is 14.1. The van der Waals surface area contributed by atoms with Gasteiger partial charge < -0.3 is 9.90 Å². The summed E-state index contributed by atoms with van der Waals surface area (Å²) in [5.74, 6) is -0.526. The van der Waals surface area contributed by atoms with Crippen molar-refractivity contribution in [2.75, 3.05) is 5.75 Å². The molecule has 0 saturated heterocycles. The molecule has 0 radical (unpaired) electrons. The highest BCUT2D eigenvalue weighted by molar-refractivity contribution is 8.03. The fourth-order valence-corrected chi connectivity index (χ4v) is 4.85. The van der Waals surface area contributed by atoms with Crippen molar-refractivity contribution in [3.05, 3.63) is 71.3 Å². The predicted molar refractivity (Wildman–Crippen MR) is 113 cm³/mol. The molecule has 148 valence electrons. The molecule has 0 aliphatic rings. The van der Waals surface area contributed by atoms with E-state index in [1.165, 1.54) is 47.0 Å². The first-order valence-corrected chi connectivity index (χ1v) is 11.2. The minimum absolute atomic E-state index is 0.0842. The number of thioether (sulfide) groups is 2. The van der Waals surface area contributed by atoms with Crippen molar-refractivity contribution in [3.63, 3.8) is 0 Å². The fourth-order valence-electron chi connectivity index (χ4n) is 2.08. The molecular formula is C19H15N4O3S3-. The predicted octanol–water partition coefficient (Wildman–Crippen LogP) is 2.44. The summed E-state index contributed by atoms with van der Waals surface area (Å²) < 4.78 is 1.58. The normalized spacial score (nSPS) is 10.9. The molecular weight excluding hydrogens is 428 g/mol. The smallest absolute Gasteiger partial charge is 0.250 e. The van der Waals surface area contributed by atoms with Crippen LogP contribution in [0.25, 0.3) is 0 Å². The van der Waals surface area contributed by atoms with E-state index < -0.39 is 5.97 Å². The highest BCUT2D eigenvalue weighted by Gasteiger charge is 2.08. The summed E-state index contributed by atoms with van der Waals surface area (Å²) in [7, 11) is 0. The Bertz CT molecular complexity index is 991. The van der Waals surface area contributed by atoms with Gasteiger partial charge in [0.25, 0.3) is 5.91 Å². The molecule has 0 spiro atoms. The number of carboxylic acids is 1. The molecule has 3 rings (SSSR count). The average Bonchev–Trinajstić information content (AvgIpc) is 3.20. The minimum atomic E-state index is -1.24. The monoisotopic (exact) mass is 443 g/mol. The molecule has 1 N–H and O–H groups in total. The number of rotatable bonds is 9. The van der Waals surface area contributed by atoms with Gasteiger partial charge in [-0.15, -0.1) is 10.2 Å². The molecule has 1 aromatic heterocycles. The number of hydrazone groups is 1. The number of carbonyl (C=O) groups excluding carboxylic acids is 2. The first kappa shape index (κ1) is 21.0. The Morgan fingerprint density at radius 2 is 1.72 bits per heavy atom. The van der Waals surface area contributed by atoms with Crippen LogP contribution < -0.4 is 10.5 Å². The first-order valence-electron chi connectivity index (χ1n) is 8.36. The maximum Gasteiger partial charge on any atom is 0.250 e. The number of carboxylic acid groups (broad SMARTS) is 1. The van der Waals surface area contributed by atoms with Gasteiger partial charge >= 0.3 is 0 Å². The second kappa shape index (κ2) is 10.7. The Labute approximate surface area is 179 Å². The van der Waals surface area contributed by atoms with Crippen molar-refractivity contribution < 1.29 is 14.7 Å². The lowest BCUT2D eigenvalue weighted by Gasteiger charge is -2.01. The zero-order valence-corrected chi connectivity index (χ0v) is 17.4. The second-order valence-corrected chi connectivity index (χ2v) is 9.02. The van der Waals surface area contributed by atoms with Crippen molar-refractivity contribution >= 4 is 53.0 Å². The Morgan fingerprint density at radius 1 is 1.03 bits per heavy atom. The van der Waals surface area contributed by atoms with Crippen LogP contribution in [0.15, 0.2) is 68.4 Å². The highest BCUT2D eigenvalue weighted by Crippen LogP contribution is 2.30. The number of aromatic carboxylic acids is 1. The van der Waals surface area contributed by atoms with Crippen LogP contribution in [0.3, 0.4) is 0 Å². The van der Waals surface area contributed by atoms with E-state index in [1.54, 1.807) is 23.9 Å². The molecule has 3 aromatic rings. The topological polar surface area (TPSA) is 107 Å². The van der Waals surface area contributed by atoms with Gasteiger partial charge in [0, 0.05) is 5.75 Å². The SMILES string of the molecule is O=C(CSc1nnc(SCc2ccccc2)s1)N/N=C\c1ccc(C(=O)[O-])cc1. The number of hydrogen-bond donors (Lipinski definition) is 1. The van der Waals surface area contributed by atoms with Gasteiger partial charge in [-0.2, -0.15) is 5.10 Å². The molecule has 0 saturated carbocycles. The van der Waals surface area contributed by atoms with E-state index in [4.69, 9.17) is 0 Å². The third-order valence-electron chi connectivity index (χ3n) is 3.47. The van der Waals surface area contributed by atoms with Crippen LogP contribution in [0.1, 0.15) is 21.5 Å². The molecule has 0 fully saturated rings. The van der Waals surface area contributed by atoms with Crippen LogP contribution in [0, 0.1) is 0 Å². The van der Waals surface area contributed by atoms with E-state index in [0.717, 1.165) is 14.4 Å². The lowest BCUT2D eigenvalue weighted by atomic mass is 10.1. The average molecular weight is 444 g/mol. The number of nitrogens with zero attached hydrogens (tertiary/aromatic N) is 3. The Morgan fingerprint density at radius 3 is 2.41 bits per heavy atom. The van der Waals surface area contributed by atoms with Crippen molar-refractivity contribution in [1.82, 2.24) is 15.6 Å². The van der Waals surface area contributed by atoms with E-state index in [2.05, 4.69) is 32.9 Å². The number of carbonyl (C=O) groups is 2. The van der Waals surface area contributed by atoms with Gasteiger partial charge in [-0.3, -0.25) is 4.79 Å². The van der Waals surface area contributed by atoms with Crippen molar-refractivity contribution in [2.45, 2.75) is 14.4 Å². The number of hydrogen-bond acceptors (Lipinski definition) is 9. The molecule has 0 aliphatic carbocycles. The van der Waals surface area contributed by atoms with Crippen LogP contribution in [0.5, 0.6) is 0 Å². The molecule has 0 unspecified atom stereocenters. The van der Waals surface area contributed by atoms with Crippen LogP contribution in [-0.2, 0) is 10.5 Å². The third kappa shape index (κ3) is 7.00. The van der Waals surface area contributed by atoms with E-state index in [-0.39, 0.29) is 17.2 Å². The number of nitrogens with one attached hydrogen (secondary N) is 1. The van der Waals surface area contributed by atoms with Gasteiger partial charge in [0.05, 0.1) is 17.9 Å². The van der Waals surface area contributed by atoms with E-state index in [0.29, 0.717) is 5.56 Å². The largest absolute Gasteiger partial charge is 0.545 e. The van der Waals surface area contributed by atoms with Crippen LogP contribution in [0.4, 0.5) is 0 Å². The van der Waals surface area contributed by atoms with Crippen molar-refractivity contribution in [2.24, 2.45) is 5.10 Å². The summed E-state index contributed by atoms with van der Waals surface area (Å²) in [4.78, 5) is 22.6. The maximum atomic E-state index is 11.9. The molecule has 2 aromatic carbocycles. The Hall–Kier alpha value is -2.69. The van der Waals surface area contributed by atoms with Crippen LogP contribution >= 0.6 is 34.9 Å². The van der Waals surface area contributed by atoms with Crippen molar-refractivity contribution in [3.8, 4) is 0 Å². The lowest BCUT2D eigenvalue weighted by molar-refractivity contribution is -0.255. The molecule has 0 atom stereocenters. The lowest BCUT2D eigenvalue weighted by Crippen LogP contribution is -2.22. The fraction of sp³-hybridized carbons (Fsp3) is 0.105. The quantitative estimate of drug-likeness (QED) is 0.307. The molecule has 10 heteroatoms. The maximum absolute atomic E-state index is 11.9. The summed E-state index contributed by atoms with van der Waals surface area (Å²) in [6.45, 7) is 0. The molecule has 29 heavy (non-hydrogen) atoms. The summed E-state index contributed by atoms with van der Waals surface area (Å²) in [5, 5.41) is 22.8. The molecule has 1 amide bonds.